The minimum atomic E-state index is 0. The number of rotatable bonds is 2. The lowest BCUT2D eigenvalue weighted by Crippen LogP contribution is -2.51. The molecule has 0 aliphatic carbocycles. The molecule has 2 rings (SSSR count). The number of nitrogens with zero attached hydrogens (tertiary/aromatic N) is 1. The van der Waals surface area contributed by atoms with Crippen LogP contribution < -0.4 is 10.2 Å². The van der Waals surface area contributed by atoms with E-state index in [1.54, 1.807) is 0 Å². The van der Waals surface area contributed by atoms with Crippen molar-refractivity contribution in [2.75, 3.05) is 24.5 Å². The maximum absolute atomic E-state index is 5.89. The molecule has 1 fully saturated rings. The van der Waals surface area contributed by atoms with Crippen LogP contribution in [0.25, 0.3) is 0 Å². The Morgan fingerprint density at radius 3 is 2.69 bits per heavy atom. The van der Waals surface area contributed by atoms with Gasteiger partial charge in [0.25, 0.3) is 0 Å². The first-order valence-corrected chi connectivity index (χ1v) is 5.92. The van der Waals surface area contributed by atoms with Crippen molar-refractivity contribution in [1.82, 2.24) is 5.32 Å². The fourth-order valence-electron chi connectivity index (χ4n) is 2.10. The zero-order valence-corrected chi connectivity index (χ0v) is 11.0. The van der Waals surface area contributed by atoms with Crippen LogP contribution in [0.2, 0.25) is 5.02 Å². The molecule has 1 saturated heterocycles. The van der Waals surface area contributed by atoms with Crippen LogP contribution in [0.15, 0.2) is 24.3 Å². The lowest BCUT2D eigenvalue weighted by molar-refractivity contribution is 0.466. The second kappa shape index (κ2) is 6.33. The molecule has 1 atom stereocenters. The predicted octanol–water partition coefficient (Wildman–Crippen LogP) is 2.95. The van der Waals surface area contributed by atoms with Crippen LogP contribution in [0.4, 0.5) is 5.69 Å². The Morgan fingerprint density at radius 1 is 1.38 bits per heavy atom. The van der Waals surface area contributed by atoms with E-state index in [2.05, 4.69) is 29.3 Å². The zero-order valence-electron chi connectivity index (χ0n) is 9.45. The Morgan fingerprint density at radius 2 is 2.06 bits per heavy atom. The van der Waals surface area contributed by atoms with Gasteiger partial charge in [0.05, 0.1) is 0 Å². The highest BCUT2D eigenvalue weighted by molar-refractivity contribution is 6.30. The molecular formula is C12H18Cl2N2. The van der Waals surface area contributed by atoms with Gasteiger partial charge in [-0.15, -0.1) is 12.4 Å². The van der Waals surface area contributed by atoms with E-state index < -0.39 is 0 Å². The number of anilines is 1. The minimum Gasteiger partial charge on any atom is -0.366 e. The third-order valence-corrected chi connectivity index (χ3v) is 3.23. The first-order chi connectivity index (χ1) is 7.31. The van der Waals surface area contributed by atoms with E-state index in [-0.39, 0.29) is 12.4 Å². The number of halogens is 2. The van der Waals surface area contributed by atoms with Crippen LogP contribution >= 0.6 is 24.0 Å². The molecule has 1 aromatic carbocycles. The van der Waals surface area contributed by atoms with E-state index in [0.717, 1.165) is 24.7 Å². The number of benzene rings is 1. The third kappa shape index (κ3) is 3.03. The summed E-state index contributed by atoms with van der Waals surface area (Å²) in [6.07, 6.45) is 1.18. The average Bonchev–Trinajstić information content (AvgIpc) is 2.30. The molecule has 16 heavy (non-hydrogen) atoms. The lowest BCUT2D eigenvalue weighted by atomic mass is 10.1. The lowest BCUT2D eigenvalue weighted by Gasteiger charge is -2.37. The Bertz CT molecular complexity index is 313. The van der Waals surface area contributed by atoms with Crippen LogP contribution in [-0.2, 0) is 0 Å². The third-order valence-electron chi connectivity index (χ3n) is 2.98. The summed E-state index contributed by atoms with van der Waals surface area (Å²) in [5.74, 6) is 0. The molecule has 1 heterocycles. The average molecular weight is 261 g/mol. The Hall–Kier alpha value is -0.440. The second-order valence-electron chi connectivity index (χ2n) is 3.94. The summed E-state index contributed by atoms with van der Waals surface area (Å²) in [4.78, 5) is 2.47. The smallest absolute Gasteiger partial charge is 0.0412 e. The van der Waals surface area contributed by atoms with Gasteiger partial charge in [0.1, 0.15) is 0 Å². The molecule has 0 bridgehead atoms. The van der Waals surface area contributed by atoms with Gasteiger partial charge < -0.3 is 10.2 Å². The maximum atomic E-state index is 5.89. The van der Waals surface area contributed by atoms with E-state index in [1.807, 2.05) is 12.1 Å². The van der Waals surface area contributed by atoms with Gasteiger partial charge in [0.2, 0.25) is 0 Å². The van der Waals surface area contributed by atoms with E-state index in [1.165, 1.54) is 12.1 Å². The standard InChI is InChI=1S/C12H17ClN2.ClH/c1-2-11-9-14-7-8-15(11)12-5-3-10(13)4-6-12;/h3-6,11,14H,2,7-9H2,1H3;1H/t11-;/m0./s1. The van der Waals surface area contributed by atoms with Crippen molar-refractivity contribution >= 4 is 29.7 Å². The summed E-state index contributed by atoms with van der Waals surface area (Å²) in [5, 5.41) is 4.24. The molecule has 0 aromatic heterocycles. The molecule has 90 valence electrons. The predicted molar refractivity (Wildman–Crippen MR) is 73.0 cm³/mol. The van der Waals surface area contributed by atoms with Gasteiger partial charge in [-0.25, -0.2) is 0 Å². The highest BCUT2D eigenvalue weighted by Crippen LogP contribution is 2.21. The SMILES string of the molecule is CC[C@H]1CNCCN1c1ccc(Cl)cc1.Cl. The van der Waals surface area contributed by atoms with E-state index in [0.29, 0.717) is 6.04 Å². The largest absolute Gasteiger partial charge is 0.366 e. The fraction of sp³-hybridized carbons (Fsp3) is 0.500. The highest BCUT2D eigenvalue weighted by atomic mass is 35.5. The van der Waals surface area contributed by atoms with Crippen LogP contribution in [0, 0.1) is 0 Å². The molecule has 0 saturated carbocycles. The summed E-state index contributed by atoms with van der Waals surface area (Å²) >= 11 is 5.89. The number of hydrogen-bond donors (Lipinski definition) is 1. The molecule has 0 spiro atoms. The normalized spacial score (nSPS) is 20.4. The summed E-state index contributed by atoms with van der Waals surface area (Å²) in [6.45, 7) is 5.47. The number of piperazine rings is 1. The van der Waals surface area contributed by atoms with E-state index in [9.17, 15) is 0 Å². The van der Waals surface area contributed by atoms with Gasteiger partial charge in [-0.1, -0.05) is 18.5 Å². The molecule has 0 amide bonds. The first-order valence-electron chi connectivity index (χ1n) is 5.54. The molecule has 0 unspecified atom stereocenters. The topological polar surface area (TPSA) is 15.3 Å². The minimum absolute atomic E-state index is 0. The van der Waals surface area contributed by atoms with Crippen LogP contribution in [0.3, 0.4) is 0 Å². The van der Waals surface area contributed by atoms with E-state index >= 15 is 0 Å². The highest BCUT2D eigenvalue weighted by Gasteiger charge is 2.20. The fourth-order valence-corrected chi connectivity index (χ4v) is 2.22. The van der Waals surface area contributed by atoms with Gasteiger partial charge in [-0.3, -0.25) is 0 Å². The molecule has 1 aromatic rings. The molecule has 2 nitrogen and oxygen atoms in total. The van der Waals surface area contributed by atoms with Crippen LogP contribution in [0.5, 0.6) is 0 Å². The molecular weight excluding hydrogens is 243 g/mol. The molecule has 1 N–H and O–H groups in total. The molecule has 1 aliphatic rings. The second-order valence-corrected chi connectivity index (χ2v) is 4.37. The van der Waals surface area contributed by atoms with Crippen molar-refractivity contribution in [2.24, 2.45) is 0 Å². The summed E-state index contributed by atoms with van der Waals surface area (Å²) < 4.78 is 0. The number of nitrogens with one attached hydrogen (secondary N) is 1. The maximum Gasteiger partial charge on any atom is 0.0412 e. The van der Waals surface area contributed by atoms with Gasteiger partial charge in [0.15, 0.2) is 0 Å². The summed E-state index contributed by atoms with van der Waals surface area (Å²) in [7, 11) is 0. The molecule has 1 aliphatic heterocycles. The van der Waals surface area contributed by atoms with Gasteiger partial charge in [0, 0.05) is 36.4 Å². The quantitative estimate of drug-likeness (QED) is 0.880. The van der Waals surface area contributed by atoms with Crippen molar-refractivity contribution in [1.29, 1.82) is 0 Å². The first kappa shape index (κ1) is 13.6. The van der Waals surface area contributed by atoms with E-state index in [4.69, 9.17) is 11.6 Å². The monoisotopic (exact) mass is 260 g/mol. The summed E-state index contributed by atoms with van der Waals surface area (Å²) in [6, 6.07) is 8.75. The molecule has 0 radical (unpaired) electrons. The Balaban J connectivity index is 0.00000128. The zero-order chi connectivity index (χ0) is 10.7. The number of hydrogen-bond acceptors (Lipinski definition) is 2. The van der Waals surface area contributed by atoms with Crippen molar-refractivity contribution in [3.8, 4) is 0 Å². The van der Waals surface area contributed by atoms with Crippen molar-refractivity contribution in [2.45, 2.75) is 19.4 Å². The van der Waals surface area contributed by atoms with Crippen molar-refractivity contribution in [3.63, 3.8) is 0 Å². The van der Waals surface area contributed by atoms with Gasteiger partial charge in [-0.05, 0) is 30.7 Å². The Kier molecular flexibility index (Phi) is 5.39. The van der Waals surface area contributed by atoms with Gasteiger partial charge in [-0.2, -0.15) is 0 Å². The van der Waals surface area contributed by atoms with Crippen molar-refractivity contribution in [3.05, 3.63) is 29.3 Å². The van der Waals surface area contributed by atoms with Gasteiger partial charge >= 0.3 is 0 Å². The van der Waals surface area contributed by atoms with Crippen molar-refractivity contribution < 1.29 is 0 Å². The van der Waals surface area contributed by atoms with Crippen LogP contribution in [0.1, 0.15) is 13.3 Å². The Labute approximate surface area is 108 Å². The molecule has 4 heteroatoms. The van der Waals surface area contributed by atoms with Crippen LogP contribution in [-0.4, -0.2) is 25.7 Å². The summed E-state index contributed by atoms with van der Waals surface area (Å²) in [5.41, 5.74) is 1.28.